The van der Waals surface area contributed by atoms with E-state index in [1.54, 1.807) is 0 Å². The van der Waals surface area contributed by atoms with Gasteiger partial charge in [0.2, 0.25) is 0 Å². The molecule has 1 aromatic carbocycles. The second kappa shape index (κ2) is 5.63. The predicted octanol–water partition coefficient (Wildman–Crippen LogP) is 4.59. The van der Waals surface area contributed by atoms with E-state index in [1.165, 1.54) is 5.56 Å². The second-order valence-corrected chi connectivity index (χ2v) is 6.49. The first kappa shape index (κ1) is 14.2. The van der Waals surface area contributed by atoms with Crippen LogP contribution in [0.25, 0.3) is 0 Å². The zero-order valence-electron chi connectivity index (χ0n) is 9.97. The van der Waals surface area contributed by atoms with Crippen molar-refractivity contribution in [1.82, 2.24) is 5.48 Å². The molecule has 1 unspecified atom stereocenters. The topological polar surface area (TPSA) is 21.3 Å². The van der Waals surface area contributed by atoms with Crippen molar-refractivity contribution in [3.05, 3.63) is 32.7 Å². The molecule has 0 spiro atoms. The quantitative estimate of drug-likeness (QED) is 0.805. The van der Waals surface area contributed by atoms with E-state index in [4.69, 9.17) is 4.84 Å². The highest BCUT2D eigenvalue weighted by atomic mass is 79.9. The maximum absolute atomic E-state index is 5.55. The molecule has 0 aromatic heterocycles. The number of rotatable bonds is 3. The van der Waals surface area contributed by atoms with E-state index in [2.05, 4.69) is 50.3 Å². The molecular formula is C12H17Br2NO. The van der Waals surface area contributed by atoms with Crippen molar-refractivity contribution in [3.8, 4) is 0 Å². The summed E-state index contributed by atoms with van der Waals surface area (Å²) in [5.41, 5.74) is 4.04. The van der Waals surface area contributed by atoms with Crippen molar-refractivity contribution in [3.63, 3.8) is 0 Å². The number of hydrogen-bond donors (Lipinski definition) is 1. The van der Waals surface area contributed by atoms with E-state index in [9.17, 15) is 0 Å². The van der Waals surface area contributed by atoms with E-state index < -0.39 is 0 Å². The highest BCUT2D eigenvalue weighted by Gasteiger charge is 2.15. The molecule has 1 N–H and O–H groups in total. The summed E-state index contributed by atoms with van der Waals surface area (Å²) in [7, 11) is 0. The molecule has 2 nitrogen and oxygen atoms in total. The monoisotopic (exact) mass is 349 g/mol. The fraction of sp³-hybridized carbons (Fsp3) is 0.500. The highest BCUT2D eigenvalue weighted by Crippen LogP contribution is 2.27. The molecular weight excluding hydrogens is 334 g/mol. The van der Waals surface area contributed by atoms with Crippen molar-refractivity contribution in [1.29, 1.82) is 0 Å². The molecule has 0 aliphatic carbocycles. The summed E-state index contributed by atoms with van der Waals surface area (Å²) in [6.45, 7) is 8.12. The number of nitrogens with one attached hydrogen (secondary N) is 1. The summed E-state index contributed by atoms with van der Waals surface area (Å²) in [5.74, 6) is 0. The van der Waals surface area contributed by atoms with Crippen molar-refractivity contribution >= 4 is 31.9 Å². The van der Waals surface area contributed by atoms with Crippen LogP contribution in [0.3, 0.4) is 0 Å². The van der Waals surface area contributed by atoms with Crippen LogP contribution in [0.15, 0.2) is 27.1 Å². The predicted molar refractivity (Wildman–Crippen MR) is 74.2 cm³/mol. The summed E-state index contributed by atoms with van der Waals surface area (Å²) >= 11 is 6.98. The lowest BCUT2D eigenvalue weighted by atomic mass is 10.1. The van der Waals surface area contributed by atoms with Crippen molar-refractivity contribution in [2.24, 2.45) is 0 Å². The molecule has 0 aliphatic heterocycles. The van der Waals surface area contributed by atoms with Gasteiger partial charge in [-0.05, 0) is 45.4 Å². The third kappa shape index (κ3) is 4.53. The standard InChI is InChI=1S/C12H17Br2NO/c1-8(15-16-12(2,3)4)10-6-5-9(13)7-11(10)14/h5-8,15H,1-4H3. The first-order chi connectivity index (χ1) is 7.29. The Labute approximate surface area is 114 Å². The summed E-state index contributed by atoms with van der Waals surface area (Å²) in [6.07, 6.45) is 0. The van der Waals surface area contributed by atoms with Crippen LogP contribution in [0.4, 0.5) is 0 Å². The number of benzene rings is 1. The molecule has 0 saturated carbocycles. The maximum atomic E-state index is 5.55. The van der Waals surface area contributed by atoms with Crippen molar-refractivity contribution in [2.45, 2.75) is 39.3 Å². The number of hydrogen-bond acceptors (Lipinski definition) is 2. The van der Waals surface area contributed by atoms with Crippen LogP contribution in [0.2, 0.25) is 0 Å². The van der Waals surface area contributed by atoms with Crippen LogP contribution in [-0.4, -0.2) is 5.60 Å². The van der Waals surface area contributed by atoms with Crippen LogP contribution in [0.1, 0.15) is 39.3 Å². The lowest BCUT2D eigenvalue weighted by Crippen LogP contribution is -2.31. The maximum Gasteiger partial charge on any atom is 0.0813 e. The van der Waals surface area contributed by atoms with Gasteiger partial charge in [0.05, 0.1) is 11.6 Å². The lowest BCUT2D eigenvalue weighted by Gasteiger charge is -2.23. The average molecular weight is 351 g/mol. The molecule has 0 bridgehead atoms. The highest BCUT2D eigenvalue weighted by molar-refractivity contribution is 9.11. The fourth-order valence-corrected chi connectivity index (χ4v) is 2.57. The van der Waals surface area contributed by atoms with Gasteiger partial charge in [-0.1, -0.05) is 37.9 Å². The van der Waals surface area contributed by atoms with Crippen LogP contribution in [0.5, 0.6) is 0 Å². The van der Waals surface area contributed by atoms with E-state index in [0.29, 0.717) is 0 Å². The minimum atomic E-state index is -0.184. The van der Waals surface area contributed by atoms with Crippen LogP contribution < -0.4 is 5.48 Å². The Hall–Kier alpha value is 0.1000. The third-order valence-corrected chi connectivity index (χ3v) is 3.15. The van der Waals surface area contributed by atoms with Gasteiger partial charge in [-0.2, -0.15) is 5.48 Å². The first-order valence-corrected chi connectivity index (χ1v) is 6.76. The normalized spacial score (nSPS) is 13.9. The molecule has 90 valence electrons. The van der Waals surface area contributed by atoms with Gasteiger partial charge in [-0.15, -0.1) is 0 Å². The summed E-state index contributed by atoms with van der Waals surface area (Å²) < 4.78 is 2.13. The first-order valence-electron chi connectivity index (χ1n) is 5.18. The molecule has 0 radical (unpaired) electrons. The Bertz CT molecular complexity index is 361. The van der Waals surface area contributed by atoms with Gasteiger partial charge in [-0.25, -0.2) is 0 Å². The summed E-state index contributed by atoms with van der Waals surface area (Å²) in [5, 5.41) is 0. The molecule has 0 fully saturated rings. The van der Waals surface area contributed by atoms with E-state index in [-0.39, 0.29) is 11.6 Å². The number of hydroxylamine groups is 1. The summed E-state index contributed by atoms with van der Waals surface area (Å²) in [6, 6.07) is 6.26. The van der Waals surface area contributed by atoms with Crippen molar-refractivity contribution in [2.75, 3.05) is 0 Å². The molecule has 1 aromatic rings. The molecule has 1 rings (SSSR count). The van der Waals surface area contributed by atoms with Gasteiger partial charge >= 0.3 is 0 Å². The smallest absolute Gasteiger partial charge is 0.0813 e. The Morgan fingerprint density at radius 1 is 1.25 bits per heavy atom. The summed E-state index contributed by atoms with van der Waals surface area (Å²) in [4.78, 5) is 5.55. The molecule has 0 aliphatic rings. The molecule has 1 atom stereocenters. The van der Waals surface area contributed by atoms with Crippen molar-refractivity contribution < 1.29 is 4.84 Å². The van der Waals surface area contributed by atoms with Gasteiger partial charge in [0.1, 0.15) is 0 Å². The molecule has 0 amide bonds. The fourth-order valence-electron chi connectivity index (χ4n) is 1.18. The van der Waals surface area contributed by atoms with E-state index in [1.807, 2.05) is 32.9 Å². The van der Waals surface area contributed by atoms with Gasteiger partial charge in [-0.3, -0.25) is 4.84 Å². The Balaban J connectivity index is 2.70. The Kier molecular flexibility index (Phi) is 4.98. The third-order valence-electron chi connectivity index (χ3n) is 1.97. The van der Waals surface area contributed by atoms with E-state index in [0.717, 1.165) is 8.95 Å². The zero-order valence-corrected chi connectivity index (χ0v) is 13.1. The minimum absolute atomic E-state index is 0.140. The van der Waals surface area contributed by atoms with Crippen LogP contribution in [0, 0.1) is 0 Å². The largest absolute Gasteiger partial charge is 0.296 e. The minimum Gasteiger partial charge on any atom is -0.296 e. The second-order valence-electron chi connectivity index (χ2n) is 4.72. The SMILES string of the molecule is CC(NOC(C)(C)C)c1ccc(Br)cc1Br. The molecule has 16 heavy (non-hydrogen) atoms. The van der Waals surface area contributed by atoms with Gasteiger partial charge < -0.3 is 0 Å². The molecule has 4 heteroatoms. The van der Waals surface area contributed by atoms with Crippen LogP contribution in [-0.2, 0) is 4.84 Å². The van der Waals surface area contributed by atoms with Gasteiger partial charge in [0.15, 0.2) is 0 Å². The number of halogens is 2. The van der Waals surface area contributed by atoms with E-state index >= 15 is 0 Å². The van der Waals surface area contributed by atoms with Gasteiger partial charge in [0, 0.05) is 8.95 Å². The Morgan fingerprint density at radius 3 is 2.38 bits per heavy atom. The lowest BCUT2D eigenvalue weighted by molar-refractivity contribution is -0.0867. The molecule has 0 saturated heterocycles. The Morgan fingerprint density at radius 2 is 1.88 bits per heavy atom. The zero-order chi connectivity index (χ0) is 12.3. The molecule has 0 heterocycles. The van der Waals surface area contributed by atoms with Gasteiger partial charge in [0.25, 0.3) is 0 Å². The average Bonchev–Trinajstić information content (AvgIpc) is 2.13. The van der Waals surface area contributed by atoms with Crippen LogP contribution >= 0.6 is 31.9 Å².